The van der Waals surface area contributed by atoms with Crippen molar-refractivity contribution < 1.29 is 0 Å². The molecule has 0 saturated heterocycles. The Balaban J connectivity index is 0.000000130. The van der Waals surface area contributed by atoms with E-state index >= 15 is 0 Å². The average Bonchev–Trinajstić information content (AvgIpc) is 2.06. The third-order valence-electron chi connectivity index (χ3n) is 2.03. The second-order valence-electron chi connectivity index (χ2n) is 3.39. The first kappa shape index (κ1) is 9.27. The summed E-state index contributed by atoms with van der Waals surface area (Å²) in [5, 5.41) is 0. The Morgan fingerprint density at radius 3 is 1.75 bits per heavy atom. The van der Waals surface area contributed by atoms with E-state index < -0.39 is 0 Å². The third kappa shape index (κ3) is 2.67. The van der Waals surface area contributed by atoms with Gasteiger partial charge in [0.05, 0.1) is 0 Å². The highest BCUT2D eigenvalue weighted by molar-refractivity contribution is 5.37. The SMILES string of the molecule is CCN(C)C.c1cc2cc(c1)C2. The summed E-state index contributed by atoms with van der Waals surface area (Å²) in [6, 6.07) is 8.65. The molecular weight excluding hydrogens is 146 g/mol. The number of rotatable bonds is 1. The molecule has 1 aromatic rings. The molecule has 0 aromatic heterocycles. The molecule has 2 bridgehead atoms. The van der Waals surface area contributed by atoms with Crippen LogP contribution < -0.4 is 0 Å². The van der Waals surface area contributed by atoms with Crippen molar-refractivity contribution in [3.8, 4) is 0 Å². The van der Waals surface area contributed by atoms with Gasteiger partial charge in [-0.3, -0.25) is 0 Å². The first-order chi connectivity index (χ1) is 5.72. The van der Waals surface area contributed by atoms with Crippen molar-refractivity contribution in [3.63, 3.8) is 0 Å². The van der Waals surface area contributed by atoms with E-state index in [4.69, 9.17) is 0 Å². The monoisotopic (exact) mass is 163 g/mol. The van der Waals surface area contributed by atoms with E-state index in [-0.39, 0.29) is 0 Å². The van der Waals surface area contributed by atoms with E-state index in [1.807, 2.05) is 0 Å². The van der Waals surface area contributed by atoms with Crippen LogP contribution in [0, 0.1) is 0 Å². The van der Waals surface area contributed by atoms with Crippen molar-refractivity contribution in [2.24, 2.45) is 0 Å². The Morgan fingerprint density at radius 2 is 1.67 bits per heavy atom. The highest BCUT2D eigenvalue weighted by atomic mass is 15.0. The predicted molar refractivity (Wildman–Crippen MR) is 53.5 cm³/mol. The summed E-state index contributed by atoms with van der Waals surface area (Å²) < 4.78 is 0. The maximum atomic E-state index is 2.22. The van der Waals surface area contributed by atoms with Crippen molar-refractivity contribution in [1.29, 1.82) is 0 Å². The van der Waals surface area contributed by atoms with Crippen molar-refractivity contribution in [2.75, 3.05) is 20.6 Å². The lowest BCUT2D eigenvalue weighted by Crippen LogP contribution is -2.08. The fourth-order valence-electron chi connectivity index (χ4n) is 0.954. The molecule has 0 N–H and O–H groups in total. The minimum Gasteiger partial charge on any atom is -0.310 e. The summed E-state index contributed by atoms with van der Waals surface area (Å²) in [4.78, 5) is 2.12. The fraction of sp³-hybridized carbons (Fsp3) is 0.455. The van der Waals surface area contributed by atoms with Crippen LogP contribution in [0.4, 0.5) is 0 Å². The maximum Gasteiger partial charge on any atom is -0.00256 e. The highest BCUT2D eigenvalue weighted by Crippen LogP contribution is 2.18. The zero-order chi connectivity index (χ0) is 8.97. The summed E-state index contributed by atoms with van der Waals surface area (Å²) in [5.41, 5.74) is 2.97. The Hall–Kier alpha value is -0.820. The van der Waals surface area contributed by atoms with Crippen LogP contribution in [0.5, 0.6) is 0 Å². The Labute approximate surface area is 75.0 Å². The summed E-state index contributed by atoms with van der Waals surface area (Å²) in [5.74, 6) is 0. The maximum absolute atomic E-state index is 2.22. The van der Waals surface area contributed by atoms with Gasteiger partial charge in [0.15, 0.2) is 0 Å². The van der Waals surface area contributed by atoms with Crippen molar-refractivity contribution in [3.05, 3.63) is 35.4 Å². The van der Waals surface area contributed by atoms with E-state index in [0.717, 1.165) is 6.54 Å². The van der Waals surface area contributed by atoms with Crippen LogP contribution >= 0.6 is 0 Å². The molecule has 0 atom stereocenters. The lowest BCUT2D eigenvalue weighted by molar-refractivity contribution is 0.434. The van der Waals surface area contributed by atoms with Crippen LogP contribution in [-0.2, 0) is 6.42 Å². The average molecular weight is 163 g/mol. The van der Waals surface area contributed by atoms with Crippen LogP contribution in [-0.4, -0.2) is 25.5 Å². The molecule has 0 radical (unpaired) electrons. The molecule has 2 aliphatic carbocycles. The second-order valence-corrected chi connectivity index (χ2v) is 3.39. The molecule has 0 amide bonds. The Bertz CT molecular complexity index is 216. The topological polar surface area (TPSA) is 3.24 Å². The third-order valence-corrected chi connectivity index (χ3v) is 2.03. The molecule has 0 heterocycles. The Kier molecular flexibility index (Phi) is 3.30. The van der Waals surface area contributed by atoms with Gasteiger partial charge in [0.2, 0.25) is 0 Å². The smallest absolute Gasteiger partial charge is 0.00256 e. The van der Waals surface area contributed by atoms with Gasteiger partial charge in [-0.05, 0) is 38.2 Å². The van der Waals surface area contributed by atoms with E-state index in [0.29, 0.717) is 0 Å². The molecule has 2 aliphatic rings. The van der Waals surface area contributed by atoms with Crippen LogP contribution in [0.2, 0.25) is 0 Å². The largest absolute Gasteiger partial charge is 0.310 e. The minimum atomic E-state index is 1.14. The van der Waals surface area contributed by atoms with Crippen molar-refractivity contribution >= 4 is 0 Å². The predicted octanol–water partition coefficient (Wildman–Crippen LogP) is 2.16. The zero-order valence-electron chi connectivity index (χ0n) is 8.17. The number of hydrogen-bond donors (Lipinski definition) is 0. The fourth-order valence-corrected chi connectivity index (χ4v) is 0.954. The molecule has 0 spiro atoms. The summed E-state index contributed by atoms with van der Waals surface area (Å²) in [6.45, 7) is 3.26. The number of benzene rings is 1. The molecule has 66 valence electrons. The van der Waals surface area contributed by atoms with Crippen LogP contribution in [0.3, 0.4) is 0 Å². The molecule has 1 heteroatoms. The van der Waals surface area contributed by atoms with Crippen LogP contribution in [0.25, 0.3) is 0 Å². The first-order valence-corrected chi connectivity index (χ1v) is 4.45. The molecule has 3 rings (SSSR count). The summed E-state index contributed by atoms with van der Waals surface area (Å²) >= 11 is 0. The van der Waals surface area contributed by atoms with E-state index in [1.54, 1.807) is 0 Å². The van der Waals surface area contributed by atoms with Gasteiger partial charge in [0, 0.05) is 0 Å². The summed E-state index contributed by atoms with van der Waals surface area (Å²) in [7, 11) is 4.11. The molecule has 0 fully saturated rings. The van der Waals surface area contributed by atoms with Gasteiger partial charge in [0.1, 0.15) is 0 Å². The quantitative estimate of drug-likeness (QED) is 0.622. The highest BCUT2D eigenvalue weighted by Gasteiger charge is 2.04. The standard InChI is InChI=1S/C7H6.C4H11N/c1-2-6-4-7(3-1)5-6;1-4-5(2)3/h1-4H,5H2;4H2,1-3H3. The van der Waals surface area contributed by atoms with Gasteiger partial charge in [-0.1, -0.05) is 31.2 Å². The Morgan fingerprint density at radius 1 is 1.25 bits per heavy atom. The minimum absolute atomic E-state index is 1.14. The van der Waals surface area contributed by atoms with Gasteiger partial charge in [-0.25, -0.2) is 0 Å². The molecule has 12 heavy (non-hydrogen) atoms. The van der Waals surface area contributed by atoms with Gasteiger partial charge in [-0.2, -0.15) is 0 Å². The van der Waals surface area contributed by atoms with Gasteiger partial charge < -0.3 is 4.90 Å². The van der Waals surface area contributed by atoms with Gasteiger partial charge >= 0.3 is 0 Å². The number of nitrogens with zero attached hydrogens (tertiary/aromatic N) is 1. The molecule has 1 aromatic carbocycles. The molecule has 0 saturated carbocycles. The lowest BCUT2D eigenvalue weighted by atomic mass is 9.94. The normalized spacial score (nSPS) is 11.7. The van der Waals surface area contributed by atoms with Gasteiger partial charge in [-0.15, -0.1) is 0 Å². The van der Waals surface area contributed by atoms with E-state index in [9.17, 15) is 0 Å². The van der Waals surface area contributed by atoms with Crippen LogP contribution in [0.15, 0.2) is 24.3 Å². The zero-order valence-corrected chi connectivity index (χ0v) is 8.17. The number of hydrogen-bond acceptors (Lipinski definition) is 1. The van der Waals surface area contributed by atoms with E-state index in [1.165, 1.54) is 17.5 Å². The van der Waals surface area contributed by atoms with Gasteiger partial charge in [0.25, 0.3) is 0 Å². The van der Waals surface area contributed by atoms with E-state index in [2.05, 4.69) is 50.2 Å². The van der Waals surface area contributed by atoms with Crippen LogP contribution in [0.1, 0.15) is 18.1 Å². The first-order valence-electron chi connectivity index (χ1n) is 4.45. The molecular formula is C11H17N. The van der Waals surface area contributed by atoms with Crippen molar-refractivity contribution in [1.82, 2.24) is 4.90 Å². The second kappa shape index (κ2) is 4.27. The number of fused-ring (bicyclic) bond motifs is 2. The summed E-state index contributed by atoms with van der Waals surface area (Å²) in [6.07, 6.45) is 1.22. The molecule has 0 aliphatic heterocycles. The van der Waals surface area contributed by atoms with Crippen molar-refractivity contribution in [2.45, 2.75) is 13.3 Å². The lowest BCUT2D eigenvalue weighted by Gasteiger charge is -2.11. The molecule has 1 nitrogen and oxygen atoms in total. The molecule has 0 unspecified atom stereocenters.